The molecule has 0 spiro atoms. The van der Waals surface area contributed by atoms with E-state index in [1.807, 2.05) is 13.8 Å². The Bertz CT molecular complexity index is 350. The summed E-state index contributed by atoms with van der Waals surface area (Å²) in [6.07, 6.45) is -0.825. The molecule has 14 heavy (non-hydrogen) atoms. The number of benzene rings is 1. The van der Waals surface area contributed by atoms with Gasteiger partial charge in [0.1, 0.15) is 5.75 Å². The Kier molecular flexibility index (Phi) is 3.36. The highest BCUT2D eigenvalue weighted by molar-refractivity contribution is 6.31. The van der Waals surface area contributed by atoms with Crippen LogP contribution in [0.15, 0.2) is 18.2 Å². The van der Waals surface area contributed by atoms with Crippen molar-refractivity contribution >= 4 is 17.7 Å². The maximum absolute atomic E-state index is 10.6. The highest BCUT2D eigenvalue weighted by atomic mass is 35.5. The molecule has 0 unspecified atom stereocenters. The minimum atomic E-state index is -0.825. The van der Waals surface area contributed by atoms with Gasteiger partial charge in [-0.05, 0) is 18.1 Å². The van der Waals surface area contributed by atoms with Crippen molar-refractivity contribution in [2.24, 2.45) is 5.73 Å². The second kappa shape index (κ2) is 4.33. The number of primary amides is 1. The normalized spacial score (nSPS) is 10.3. The smallest absolute Gasteiger partial charge is 0.409 e. The summed E-state index contributed by atoms with van der Waals surface area (Å²) >= 11 is 5.98. The van der Waals surface area contributed by atoms with Crippen LogP contribution in [-0.4, -0.2) is 6.09 Å². The van der Waals surface area contributed by atoms with Gasteiger partial charge in [0.25, 0.3) is 0 Å². The predicted molar refractivity (Wildman–Crippen MR) is 55.8 cm³/mol. The molecule has 1 aromatic rings. The van der Waals surface area contributed by atoms with Crippen LogP contribution in [0.3, 0.4) is 0 Å². The first kappa shape index (κ1) is 10.9. The molecule has 0 aromatic heterocycles. The van der Waals surface area contributed by atoms with Crippen molar-refractivity contribution in [2.75, 3.05) is 0 Å². The molecule has 0 aliphatic carbocycles. The van der Waals surface area contributed by atoms with E-state index in [0.717, 1.165) is 5.56 Å². The van der Waals surface area contributed by atoms with Crippen LogP contribution >= 0.6 is 11.6 Å². The number of amides is 1. The largest absolute Gasteiger partial charge is 0.410 e. The van der Waals surface area contributed by atoms with E-state index in [0.29, 0.717) is 10.8 Å². The monoisotopic (exact) mass is 213 g/mol. The molecule has 4 heteroatoms. The van der Waals surface area contributed by atoms with Gasteiger partial charge in [0.15, 0.2) is 0 Å². The molecule has 0 saturated carbocycles. The van der Waals surface area contributed by atoms with Crippen LogP contribution in [0.25, 0.3) is 0 Å². The molecule has 76 valence electrons. The summed E-state index contributed by atoms with van der Waals surface area (Å²) in [4.78, 5) is 10.6. The number of halogens is 1. The molecule has 1 rings (SSSR count). The third kappa shape index (κ3) is 2.39. The number of rotatable bonds is 2. The maximum Gasteiger partial charge on any atom is 0.409 e. The fourth-order valence-corrected chi connectivity index (χ4v) is 1.66. The van der Waals surface area contributed by atoms with E-state index in [1.165, 1.54) is 0 Å². The first-order chi connectivity index (χ1) is 6.52. The van der Waals surface area contributed by atoms with E-state index in [9.17, 15) is 4.79 Å². The highest BCUT2D eigenvalue weighted by Gasteiger charge is 2.13. The van der Waals surface area contributed by atoms with Gasteiger partial charge in [-0.15, -0.1) is 0 Å². The standard InChI is InChI=1S/C10H12ClNO2/c1-6(2)9-7(11)4-3-5-8(9)14-10(12)13/h3-6H,1-2H3,(H2,12,13). The minimum absolute atomic E-state index is 0.179. The van der Waals surface area contributed by atoms with Crippen LogP contribution in [0.4, 0.5) is 4.79 Å². The quantitative estimate of drug-likeness (QED) is 0.821. The Morgan fingerprint density at radius 1 is 1.50 bits per heavy atom. The Balaban J connectivity index is 3.14. The van der Waals surface area contributed by atoms with Gasteiger partial charge in [-0.3, -0.25) is 0 Å². The van der Waals surface area contributed by atoms with Crippen molar-refractivity contribution < 1.29 is 9.53 Å². The van der Waals surface area contributed by atoms with Crippen LogP contribution in [0, 0.1) is 0 Å². The second-order valence-electron chi connectivity index (χ2n) is 3.23. The first-order valence-electron chi connectivity index (χ1n) is 4.28. The van der Waals surface area contributed by atoms with Gasteiger partial charge in [0, 0.05) is 10.6 Å². The summed E-state index contributed by atoms with van der Waals surface area (Å²) in [5.41, 5.74) is 5.74. The summed E-state index contributed by atoms with van der Waals surface area (Å²) in [7, 11) is 0. The highest BCUT2D eigenvalue weighted by Crippen LogP contribution is 2.32. The Labute approximate surface area is 87.8 Å². The summed E-state index contributed by atoms with van der Waals surface area (Å²) in [5, 5.41) is 0.582. The summed E-state index contributed by atoms with van der Waals surface area (Å²) in [6.45, 7) is 3.93. The lowest BCUT2D eigenvalue weighted by molar-refractivity contribution is 0.210. The van der Waals surface area contributed by atoms with Crippen LogP contribution in [-0.2, 0) is 0 Å². The van der Waals surface area contributed by atoms with Crippen molar-refractivity contribution in [1.82, 2.24) is 0 Å². The lowest BCUT2D eigenvalue weighted by Gasteiger charge is -2.12. The molecule has 0 aliphatic heterocycles. The van der Waals surface area contributed by atoms with Crippen LogP contribution in [0.5, 0.6) is 5.75 Å². The van der Waals surface area contributed by atoms with Crippen molar-refractivity contribution in [3.63, 3.8) is 0 Å². The Morgan fingerprint density at radius 3 is 2.64 bits per heavy atom. The molecule has 0 heterocycles. The zero-order valence-corrected chi connectivity index (χ0v) is 8.84. The third-order valence-corrected chi connectivity index (χ3v) is 2.13. The Morgan fingerprint density at radius 2 is 2.14 bits per heavy atom. The zero-order valence-electron chi connectivity index (χ0n) is 8.08. The van der Waals surface area contributed by atoms with E-state index >= 15 is 0 Å². The van der Waals surface area contributed by atoms with Crippen LogP contribution in [0.1, 0.15) is 25.3 Å². The van der Waals surface area contributed by atoms with Gasteiger partial charge in [-0.25, -0.2) is 4.79 Å². The third-order valence-electron chi connectivity index (χ3n) is 1.80. The molecule has 1 aromatic carbocycles. The van der Waals surface area contributed by atoms with Crippen molar-refractivity contribution in [3.05, 3.63) is 28.8 Å². The Hall–Kier alpha value is -1.22. The summed E-state index contributed by atoms with van der Waals surface area (Å²) in [6, 6.07) is 5.14. The lowest BCUT2D eigenvalue weighted by atomic mass is 10.0. The molecule has 1 amide bonds. The molecule has 3 nitrogen and oxygen atoms in total. The topological polar surface area (TPSA) is 52.3 Å². The molecular weight excluding hydrogens is 202 g/mol. The van der Waals surface area contributed by atoms with Crippen molar-refractivity contribution in [1.29, 1.82) is 0 Å². The molecule has 0 saturated heterocycles. The molecule has 0 bridgehead atoms. The van der Waals surface area contributed by atoms with Gasteiger partial charge in [0.2, 0.25) is 0 Å². The average molecular weight is 214 g/mol. The van der Waals surface area contributed by atoms with E-state index in [-0.39, 0.29) is 5.92 Å². The fourth-order valence-electron chi connectivity index (χ4n) is 1.27. The van der Waals surface area contributed by atoms with Crippen molar-refractivity contribution in [2.45, 2.75) is 19.8 Å². The molecule has 0 atom stereocenters. The summed E-state index contributed by atoms with van der Waals surface area (Å²) < 4.78 is 4.84. The first-order valence-corrected chi connectivity index (χ1v) is 4.66. The van der Waals surface area contributed by atoms with E-state index < -0.39 is 6.09 Å². The maximum atomic E-state index is 10.6. The van der Waals surface area contributed by atoms with E-state index in [2.05, 4.69) is 0 Å². The van der Waals surface area contributed by atoms with Gasteiger partial charge < -0.3 is 10.5 Å². The van der Waals surface area contributed by atoms with Crippen molar-refractivity contribution in [3.8, 4) is 5.75 Å². The van der Waals surface area contributed by atoms with E-state index in [4.69, 9.17) is 22.1 Å². The number of hydrogen-bond acceptors (Lipinski definition) is 2. The number of hydrogen-bond donors (Lipinski definition) is 1. The molecule has 0 aliphatic rings. The predicted octanol–water partition coefficient (Wildman–Crippen LogP) is 2.92. The number of carbonyl (C=O) groups excluding carboxylic acids is 1. The number of nitrogens with two attached hydrogens (primary N) is 1. The number of carbonyl (C=O) groups is 1. The molecule has 0 radical (unpaired) electrons. The fraction of sp³-hybridized carbons (Fsp3) is 0.300. The average Bonchev–Trinajstić information content (AvgIpc) is 2.01. The van der Waals surface area contributed by atoms with Gasteiger partial charge >= 0.3 is 6.09 Å². The van der Waals surface area contributed by atoms with Crippen LogP contribution in [0.2, 0.25) is 5.02 Å². The van der Waals surface area contributed by atoms with Crippen LogP contribution < -0.4 is 10.5 Å². The van der Waals surface area contributed by atoms with Gasteiger partial charge in [0.05, 0.1) is 0 Å². The SMILES string of the molecule is CC(C)c1c(Cl)cccc1OC(N)=O. The number of ether oxygens (including phenoxy) is 1. The molecule has 2 N–H and O–H groups in total. The summed E-state index contributed by atoms with van der Waals surface area (Å²) in [5.74, 6) is 0.609. The molecule has 0 fully saturated rings. The van der Waals surface area contributed by atoms with E-state index in [1.54, 1.807) is 18.2 Å². The zero-order chi connectivity index (χ0) is 10.7. The molecular formula is C10H12ClNO2. The minimum Gasteiger partial charge on any atom is -0.410 e. The van der Waals surface area contributed by atoms with Gasteiger partial charge in [-0.1, -0.05) is 31.5 Å². The lowest BCUT2D eigenvalue weighted by Crippen LogP contribution is -2.17. The van der Waals surface area contributed by atoms with Gasteiger partial charge in [-0.2, -0.15) is 0 Å². The second-order valence-corrected chi connectivity index (χ2v) is 3.63.